The predicted octanol–water partition coefficient (Wildman–Crippen LogP) is 1.56. The molecule has 0 unspecified atom stereocenters. The lowest BCUT2D eigenvalue weighted by molar-refractivity contribution is 0.194. The second-order valence-electron chi connectivity index (χ2n) is 7.09. The Morgan fingerprint density at radius 2 is 2.04 bits per heavy atom. The summed E-state index contributed by atoms with van der Waals surface area (Å²) in [4.78, 5) is 18.6. The van der Waals surface area contributed by atoms with Gasteiger partial charge in [0.2, 0.25) is 0 Å². The van der Waals surface area contributed by atoms with Crippen LogP contribution in [0, 0.1) is 0 Å². The van der Waals surface area contributed by atoms with Crippen molar-refractivity contribution in [1.82, 2.24) is 34.0 Å². The van der Waals surface area contributed by atoms with E-state index in [1.165, 1.54) is 16.6 Å². The van der Waals surface area contributed by atoms with Crippen LogP contribution < -0.4 is 5.69 Å². The third-order valence-corrected chi connectivity index (χ3v) is 5.25. The van der Waals surface area contributed by atoms with Gasteiger partial charge in [-0.2, -0.15) is 10.2 Å². The molecule has 0 N–H and O–H groups in total. The highest BCUT2D eigenvalue weighted by Crippen LogP contribution is 2.26. The minimum atomic E-state index is -0.0201. The van der Waals surface area contributed by atoms with Crippen molar-refractivity contribution in [1.29, 1.82) is 0 Å². The van der Waals surface area contributed by atoms with Crippen molar-refractivity contribution in [3.63, 3.8) is 0 Å². The third-order valence-electron chi connectivity index (χ3n) is 5.25. The number of aromatic nitrogens is 6. The van der Waals surface area contributed by atoms with E-state index in [0.717, 1.165) is 44.0 Å². The highest BCUT2D eigenvalue weighted by Gasteiger charge is 2.26. The van der Waals surface area contributed by atoms with Crippen LogP contribution in [0.4, 0.5) is 0 Å². The molecule has 8 heteroatoms. The number of likely N-dealkylation sites (tertiary alicyclic amines) is 1. The van der Waals surface area contributed by atoms with Crippen molar-refractivity contribution < 1.29 is 0 Å². The summed E-state index contributed by atoms with van der Waals surface area (Å²) in [5, 5.41) is 8.67. The Morgan fingerprint density at radius 1 is 1.22 bits per heavy atom. The topological polar surface area (TPSA) is 73.8 Å². The van der Waals surface area contributed by atoms with Crippen LogP contribution in [0.5, 0.6) is 0 Å². The molecule has 1 aliphatic rings. The molecule has 27 heavy (non-hydrogen) atoms. The summed E-state index contributed by atoms with van der Waals surface area (Å²) in [5.74, 6) is 1.23. The lowest BCUT2D eigenvalue weighted by atomic mass is 9.96. The summed E-state index contributed by atoms with van der Waals surface area (Å²) < 4.78 is 5.02. The summed E-state index contributed by atoms with van der Waals surface area (Å²) in [6.45, 7) is 5.58. The van der Waals surface area contributed by atoms with Crippen molar-refractivity contribution in [2.45, 2.75) is 38.8 Å². The van der Waals surface area contributed by atoms with E-state index in [4.69, 9.17) is 0 Å². The van der Waals surface area contributed by atoms with Crippen LogP contribution in [-0.4, -0.2) is 47.1 Å². The minimum Gasteiger partial charge on any atom is -0.298 e. The predicted molar refractivity (Wildman–Crippen MR) is 102 cm³/mol. The highest BCUT2D eigenvalue weighted by atomic mass is 16.2. The van der Waals surface area contributed by atoms with E-state index in [0.29, 0.717) is 12.5 Å². The first-order chi connectivity index (χ1) is 13.2. The van der Waals surface area contributed by atoms with Gasteiger partial charge in [0.05, 0.1) is 5.69 Å². The monoisotopic (exact) mass is 367 g/mol. The van der Waals surface area contributed by atoms with E-state index in [9.17, 15) is 4.79 Å². The van der Waals surface area contributed by atoms with Gasteiger partial charge in [-0.3, -0.25) is 9.47 Å². The Balaban J connectivity index is 1.46. The van der Waals surface area contributed by atoms with E-state index in [-0.39, 0.29) is 5.69 Å². The summed E-state index contributed by atoms with van der Waals surface area (Å²) in [5.41, 5.74) is 2.26. The molecule has 0 radical (unpaired) electrons. The Hall–Kier alpha value is -2.74. The molecule has 3 aromatic rings. The van der Waals surface area contributed by atoms with Gasteiger partial charge in [0.1, 0.15) is 18.5 Å². The Labute approximate surface area is 158 Å². The van der Waals surface area contributed by atoms with Gasteiger partial charge in [-0.05, 0) is 44.0 Å². The van der Waals surface area contributed by atoms with Crippen LogP contribution in [-0.2, 0) is 20.1 Å². The summed E-state index contributed by atoms with van der Waals surface area (Å²) >= 11 is 0. The molecule has 0 spiro atoms. The van der Waals surface area contributed by atoms with Crippen LogP contribution in [0.15, 0.2) is 41.7 Å². The Morgan fingerprint density at radius 3 is 2.74 bits per heavy atom. The fourth-order valence-electron chi connectivity index (χ4n) is 3.89. The Bertz CT molecular complexity index is 940. The van der Waals surface area contributed by atoms with Crippen LogP contribution in [0.1, 0.15) is 37.1 Å². The van der Waals surface area contributed by atoms with Crippen molar-refractivity contribution in [3.05, 3.63) is 58.8 Å². The third kappa shape index (κ3) is 3.57. The smallest absolute Gasteiger partial charge is 0.298 e. The second kappa shape index (κ2) is 7.48. The first-order valence-corrected chi connectivity index (χ1v) is 9.45. The van der Waals surface area contributed by atoms with Gasteiger partial charge >= 0.3 is 5.69 Å². The quantitative estimate of drug-likeness (QED) is 0.684. The molecule has 4 rings (SSSR count). The molecule has 0 aliphatic carbocycles. The molecule has 3 heterocycles. The van der Waals surface area contributed by atoms with Crippen molar-refractivity contribution in [2.75, 3.05) is 13.1 Å². The maximum Gasteiger partial charge on any atom is 0.345 e. The van der Waals surface area contributed by atoms with E-state index < -0.39 is 0 Å². The number of aryl methyl sites for hydroxylation is 1. The van der Waals surface area contributed by atoms with Crippen molar-refractivity contribution in [3.8, 4) is 5.69 Å². The van der Waals surface area contributed by atoms with E-state index in [2.05, 4.69) is 44.3 Å². The maximum absolute atomic E-state index is 12.2. The molecule has 8 nitrogen and oxygen atoms in total. The highest BCUT2D eigenvalue weighted by molar-refractivity contribution is 5.33. The zero-order valence-electron chi connectivity index (χ0n) is 15.8. The molecule has 1 fully saturated rings. The number of hydrogen-bond donors (Lipinski definition) is 0. The molecule has 1 atom stereocenters. The number of benzene rings is 1. The van der Waals surface area contributed by atoms with Gasteiger partial charge in [-0.1, -0.05) is 12.1 Å². The van der Waals surface area contributed by atoms with Crippen LogP contribution >= 0.6 is 0 Å². The van der Waals surface area contributed by atoms with Crippen LogP contribution in [0.3, 0.4) is 0 Å². The average molecular weight is 367 g/mol. The maximum atomic E-state index is 12.2. The van der Waals surface area contributed by atoms with Gasteiger partial charge in [-0.25, -0.2) is 19.1 Å². The number of rotatable bonds is 5. The summed E-state index contributed by atoms with van der Waals surface area (Å²) in [6, 6.07) is 8.42. The van der Waals surface area contributed by atoms with Crippen molar-refractivity contribution in [2.24, 2.45) is 7.05 Å². The molecule has 0 saturated carbocycles. The van der Waals surface area contributed by atoms with Crippen LogP contribution in [0.2, 0.25) is 0 Å². The van der Waals surface area contributed by atoms with E-state index >= 15 is 0 Å². The molecule has 142 valence electrons. The molecule has 0 amide bonds. The van der Waals surface area contributed by atoms with Crippen LogP contribution in [0.25, 0.3) is 5.69 Å². The lowest BCUT2D eigenvalue weighted by Crippen LogP contribution is -2.35. The molecule has 2 aromatic heterocycles. The van der Waals surface area contributed by atoms with E-state index in [1.54, 1.807) is 22.6 Å². The largest absolute Gasteiger partial charge is 0.345 e. The van der Waals surface area contributed by atoms with Gasteiger partial charge < -0.3 is 0 Å². The van der Waals surface area contributed by atoms with E-state index in [1.807, 2.05) is 6.92 Å². The zero-order chi connectivity index (χ0) is 18.8. The lowest BCUT2D eigenvalue weighted by Gasteiger charge is -2.32. The minimum absolute atomic E-state index is 0.0201. The number of piperidine rings is 1. The van der Waals surface area contributed by atoms with Crippen molar-refractivity contribution >= 4 is 0 Å². The number of hydrogen-bond acceptors (Lipinski definition) is 5. The fourth-order valence-corrected chi connectivity index (χ4v) is 3.89. The summed E-state index contributed by atoms with van der Waals surface area (Å²) in [7, 11) is 1.73. The van der Waals surface area contributed by atoms with Gasteiger partial charge in [0, 0.05) is 32.6 Å². The first-order valence-electron chi connectivity index (χ1n) is 9.45. The molecular formula is C19H25N7O. The number of nitrogens with zero attached hydrogens (tertiary/aromatic N) is 7. The normalized spacial score (nSPS) is 18.1. The molecule has 1 saturated heterocycles. The molecule has 1 aromatic carbocycles. The summed E-state index contributed by atoms with van der Waals surface area (Å²) in [6.07, 6.45) is 5.44. The van der Waals surface area contributed by atoms with Gasteiger partial charge in [0.15, 0.2) is 0 Å². The second-order valence-corrected chi connectivity index (χ2v) is 7.09. The van der Waals surface area contributed by atoms with Gasteiger partial charge in [-0.15, -0.1) is 0 Å². The molecule has 0 bridgehead atoms. The molecular weight excluding hydrogens is 342 g/mol. The first kappa shape index (κ1) is 17.7. The molecule has 1 aliphatic heterocycles. The standard InChI is InChI=1S/C19H25N7O/c1-3-25-18(22-23(2)19(25)27)16-5-4-10-24(12-16)11-15-6-8-17(9-7-15)26-14-20-13-21-26/h6-9,13-14,16H,3-5,10-12H2,1-2H3/t16-/m1/s1. The Kier molecular flexibility index (Phi) is 4.89. The average Bonchev–Trinajstić information content (AvgIpc) is 3.32. The SMILES string of the molecule is CCn1c([C@@H]2CCCN(Cc3ccc(-n4cncn4)cc3)C2)nn(C)c1=O. The fraction of sp³-hybridized carbons (Fsp3) is 0.474. The zero-order valence-corrected chi connectivity index (χ0v) is 15.8. The van der Waals surface area contributed by atoms with Gasteiger partial charge in [0.25, 0.3) is 0 Å².